The van der Waals surface area contributed by atoms with E-state index in [1.165, 1.54) is 5.56 Å². The van der Waals surface area contributed by atoms with Crippen molar-refractivity contribution in [3.63, 3.8) is 0 Å². The number of likely N-dealkylation sites (tertiary alicyclic amines) is 1. The summed E-state index contributed by atoms with van der Waals surface area (Å²) in [5.74, 6) is 0.138. The number of halogens is 1. The molecule has 1 aliphatic rings. The van der Waals surface area contributed by atoms with Crippen molar-refractivity contribution >= 4 is 18.4 Å². The molecule has 3 nitrogen and oxygen atoms in total. The van der Waals surface area contributed by atoms with E-state index in [0.717, 1.165) is 37.9 Å². The topological polar surface area (TPSA) is 29.5 Å². The van der Waals surface area contributed by atoms with E-state index in [1.807, 2.05) is 25.1 Å². The Morgan fingerprint density at radius 3 is 2.31 bits per heavy atom. The molecule has 1 saturated heterocycles. The standard InChI is InChI=1S/C25H33NO2.ClH/c1-4-24(27)28-25(23-15-9-6-10-16-23)18-21(3)26(19-20(25)2)17-11-14-22-12-7-5-8-13-22;/h5-10,12-13,15-16,20-21H,4,11,14,17-19H2,1-3H3;1H. The number of ether oxygens (including phenoxy) is 1. The van der Waals surface area contributed by atoms with E-state index >= 15 is 0 Å². The summed E-state index contributed by atoms with van der Waals surface area (Å²) in [6.07, 6.45) is 3.51. The van der Waals surface area contributed by atoms with Crippen molar-refractivity contribution < 1.29 is 9.53 Å². The van der Waals surface area contributed by atoms with E-state index in [2.05, 4.69) is 61.2 Å². The lowest BCUT2D eigenvalue weighted by Crippen LogP contribution is -2.55. The zero-order chi connectivity index (χ0) is 20.0. The lowest BCUT2D eigenvalue weighted by molar-refractivity contribution is -0.178. The molecule has 1 heterocycles. The molecule has 0 radical (unpaired) electrons. The van der Waals surface area contributed by atoms with Crippen molar-refractivity contribution in [1.29, 1.82) is 0 Å². The number of nitrogens with zero attached hydrogens (tertiary/aromatic N) is 1. The van der Waals surface area contributed by atoms with E-state index in [1.54, 1.807) is 0 Å². The van der Waals surface area contributed by atoms with Gasteiger partial charge in [-0.1, -0.05) is 74.5 Å². The summed E-state index contributed by atoms with van der Waals surface area (Å²) in [7, 11) is 0. The molecule has 2 aromatic rings. The molecular formula is C25H34ClNO2. The van der Waals surface area contributed by atoms with Crippen molar-refractivity contribution in [2.75, 3.05) is 13.1 Å². The highest BCUT2D eigenvalue weighted by atomic mass is 35.5. The quantitative estimate of drug-likeness (QED) is 0.549. The maximum atomic E-state index is 12.3. The van der Waals surface area contributed by atoms with Crippen molar-refractivity contribution in [2.24, 2.45) is 5.92 Å². The normalized spacial score (nSPS) is 24.5. The van der Waals surface area contributed by atoms with Gasteiger partial charge in [0, 0.05) is 31.3 Å². The third-order valence-corrected chi connectivity index (χ3v) is 6.13. The van der Waals surface area contributed by atoms with Crippen LogP contribution >= 0.6 is 12.4 Å². The second-order valence-corrected chi connectivity index (χ2v) is 8.12. The first-order valence-corrected chi connectivity index (χ1v) is 10.6. The van der Waals surface area contributed by atoms with E-state index in [-0.39, 0.29) is 24.3 Å². The van der Waals surface area contributed by atoms with Gasteiger partial charge in [0.25, 0.3) is 0 Å². The minimum atomic E-state index is -0.524. The molecule has 0 aliphatic carbocycles. The van der Waals surface area contributed by atoms with Gasteiger partial charge in [-0.15, -0.1) is 12.4 Å². The molecule has 3 atom stereocenters. The summed E-state index contributed by atoms with van der Waals surface area (Å²) in [5.41, 5.74) is 2.00. The molecule has 0 aromatic heterocycles. The highest BCUT2D eigenvalue weighted by Crippen LogP contribution is 2.43. The monoisotopic (exact) mass is 415 g/mol. The lowest BCUT2D eigenvalue weighted by Gasteiger charge is -2.49. The molecule has 0 N–H and O–H groups in total. The van der Waals surface area contributed by atoms with E-state index in [4.69, 9.17) is 4.74 Å². The molecular weight excluding hydrogens is 382 g/mol. The number of esters is 1. The van der Waals surface area contributed by atoms with Gasteiger partial charge in [-0.25, -0.2) is 0 Å². The van der Waals surface area contributed by atoms with Gasteiger partial charge < -0.3 is 9.64 Å². The number of hydrogen-bond donors (Lipinski definition) is 0. The lowest BCUT2D eigenvalue weighted by atomic mass is 9.74. The largest absolute Gasteiger partial charge is 0.454 e. The number of rotatable bonds is 7. The van der Waals surface area contributed by atoms with Crippen LogP contribution in [0, 0.1) is 5.92 Å². The summed E-state index contributed by atoms with van der Waals surface area (Å²) in [4.78, 5) is 14.8. The van der Waals surface area contributed by atoms with Crippen LogP contribution < -0.4 is 0 Å². The summed E-state index contributed by atoms with van der Waals surface area (Å²) < 4.78 is 6.15. The van der Waals surface area contributed by atoms with E-state index in [0.29, 0.717) is 12.5 Å². The SMILES string of the molecule is CCC(=O)OC1(c2ccccc2)CC(C)N(CCCc2ccccc2)CC1C.Cl. The summed E-state index contributed by atoms with van der Waals surface area (Å²) >= 11 is 0. The Balaban J connectivity index is 0.00000300. The van der Waals surface area contributed by atoms with Gasteiger partial charge in [0.2, 0.25) is 0 Å². The number of benzene rings is 2. The molecule has 4 heteroatoms. The molecule has 0 saturated carbocycles. The van der Waals surface area contributed by atoms with Crippen LogP contribution in [-0.2, 0) is 21.6 Å². The first-order valence-electron chi connectivity index (χ1n) is 10.6. The fourth-order valence-corrected chi connectivity index (χ4v) is 4.49. The van der Waals surface area contributed by atoms with Crippen molar-refractivity contribution in [3.05, 3.63) is 71.8 Å². The first-order chi connectivity index (χ1) is 13.5. The Kier molecular flexibility index (Phi) is 8.73. The van der Waals surface area contributed by atoms with Crippen LogP contribution in [0.15, 0.2) is 60.7 Å². The Morgan fingerprint density at radius 2 is 1.69 bits per heavy atom. The number of carbonyl (C=O) groups excluding carboxylic acids is 1. The molecule has 0 amide bonds. The predicted octanol–water partition coefficient (Wildman–Crippen LogP) is 5.62. The molecule has 29 heavy (non-hydrogen) atoms. The average Bonchev–Trinajstić information content (AvgIpc) is 2.72. The third kappa shape index (κ3) is 5.61. The Hall–Kier alpha value is -1.84. The van der Waals surface area contributed by atoms with Crippen LogP contribution in [0.5, 0.6) is 0 Å². The summed E-state index contributed by atoms with van der Waals surface area (Å²) in [6.45, 7) is 8.39. The molecule has 1 fully saturated rings. The van der Waals surface area contributed by atoms with Crippen LogP contribution in [-0.4, -0.2) is 30.0 Å². The number of aryl methyl sites for hydroxylation is 1. The second kappa shape index (κ2) is 10.8. The van der Waals surface area contributed by atoms with Gasteiger partial charge in [-0.2, -0.15) is 0 Å². The van der Waals surface area contributed by atoms with Crippen molar-refractivity contribution in [1.82, 2.24) is 4.90 Å². The van der Waals surface area contributed by atoms with Crippen LogP contribution in [0.3, 0.4) is 0 Å². The molecule has 2 aromatic carbocycles. The van der Waals surface area contributed by atoms with Crippen LogP contribution in [0.4, 0.5) is 0 Å². The fraction of sp³-hybridized carbons (Fsp3) is 0.480. The fourth-order valence-electron chi connectivity index (χ4n) is 4.49. The zero-order valence-electron chi connectivity index (χ0n) is 17.8. The third-order valence-electron chi connectivity index (χ3n) is 6.13. The smallest absolute Gasteiger partial charge is 0.306 e. The van der Waals surface area contributed by atoms with Gasteiger partial charge in [0.15, 0.2) is 0 Å². The molecule has 3 rings (SSSR count). The van der Waals surface area contributed by atoms with Gasteiger partial charge in [-0.3, -0.25) is 4.79 Å². The zero-order valence-corrected chi connectivity index (χ0v) is 18.7. The van der Waals surface area contributed by atoms with Gasteiger partial charge in [0.05, 0.1) is 0 Å². The minimum absolute atomic E-state index is 0. The molecule has 158 valence electrons. The van der Waals surface area contributed by atoms with E-state index in [9.17, 15) is 4.79 Å². The van der Waals surface area contributed by atoms with Crippen LogP contribution in [0.2, 0.25) is 0 Å². The first kappa shape index (κ1) is 23.4. The highest BCUT2D eigenvalue weighted by Gasteiger charge is 2.47. The van der Waals surface area contributed by atoms with Crippen LogP contribution in [0.25, 0.3) is 0 Å². The Morgan fingerprint density at radius 1 is 1.07 bits per heavy atom. The number of piperidine rings is 1. The Bertz CT molecular complexity index is 752. The van der Waals surface area contributed by atoms with Gasteiger partial charge in [-0.05, 0) is 37.4 Å². The molecule has 3 unspecified atom stereocenters. The maximum absolute atomic E-state index is 12.3. The van der Waals surface area contributed by atoms with E-state index < -0.39 is 5.60 Å². The number of hydrogen-bond acceptors (Lipinski definition) is 3. The van der Waals surface area contributed by atoms with Crippen molar-refractivity contribution in [3.8, 4) is 0 Å². The Labute approximate surface area is 181 Å². The summed E-state index contributed by atoms with van der Waals surface area (Å²) in [6, 6.07) is 21.4. The number of carbonyl (C=O) groups is 1. The average molecular weight is 416 g/mol. The van der Waals surface area contributed by atoms with Crippen LogP contribution in [0.1, 0.15) is 51.2 Å². The molecule has 1 aliphatic heterocycles. The highest BCUT2D eigenvalue weighted by molar-refractivity contribution is 5.85. The van der Waals surface area contributed by atoms with Crippen molar-refractivity contribution in [2.45, 2.75) is 58.1 Å². The predicted molar refractivity (Wildman–Crippen MR) is 121 cm³/mol. The molecule has 0 bridgehead atoms. The minimum Gasteiger partial charge on any atom is -0.454 e. The van der Waals surface area contributed by atoms with Gasteiger partial charge >= 0.3 is 5.97 Å². The van der Waals surface area contributed by atoms with Gasteiger partial charge in [0.1, 0.15) is 5.60 Å². The maximum Gasteiger partial charge on any atom is 0.306 e. The second-order valence-electron chi connectivity index (χ2n) is 8.12. The molecule has 0 spiro atoms. The summed E-state index contributed by atoms with van der Waals surface area (Å²) in [5, 5.41) is 0.